The Balaban J connectivity index is 1.84. The number of piperazine rings is 1. The number of carbonyl (C=O) groups is 1. The summed E-state index contributed by atoms with van der Waals surface area (Å²) in [6.07, 6.45) is 3.34. The molecule has 2 N–H and O–H groups in total. The van der Waals surface area contributed by atoms with Crippen molar-refractivity contribution in [2.24, 2.45) is 0 Å². The molecule has 1 saturated heterocycles. The molecule has 0 spiro atoms. The first-order valence-electron chi connectivity index (χ1n) is 5.90. The lowest BCUT2D eigenvalue weighted by atomic mass is 10.2. The van der Waals surface area contributed by atoms with Crippen LogP contribution in [0.1, 0.15) is 6.92 Å². The monoisotopic (exact) mass is 234 g/mol. The molecule has 1 aromatic rings. The Bertz CT molecular complexity index is 368. The summed E-state index contributed by atoms with van der Waals surface area (Å²) >= 11 is 0. The van der Waals surface area contributed by atoms with E-state index in [0.29, 0.717) is 12.6 Å². The predicted octanol–water partition coefficient (Wildman–Crippen LogP) is 0.314. The highest BCUT2D eigenvalue weighted by Crippen LogP contribution is 2.05. The number of carbonyl (C=O) groups excluding carboxylic acids is 1. The number of nitrogens with one attached hydrogen (secondary N) is 2. The Morgan fingerprint density at radius 1 is 1.59 bits per heavy atom. The van der Waals surface area contributed by atoms with Crippen molar-refractivity contribution >= 4 is 11.6 Å². The lowest BCUT2D eigenvalue weighted by Crippen LogP contribution is -2.51. The molecule has 1 aromatic heterocycles. The summed E-state index contributed by atoms with van der Waals surface area (Å²) in [5, 5.41) is 6.17. The van der Waals surface area contributed by atoms with Crippen LogP contribution in [-0.4, -0.2) is 48.0 Å². The van der Waals surface area contributed by atoms with Gasteiger partial charge in [-0.25, -0.2) is 0 Å². The number of anilines is 1. The largest absolute Gasteiger partial charge is 0.325 e. The average Bonchev–Trinajstić information content (AvgIpc) is 2.33. The molecule has 0 unspecified atom stereocenters. The van der Waals surface area contributed by atoms with Gasteiger partial charge in [-0.1, -0.05) is 0 Å². The number of aromatic nitrogens is 1. The second-order valence-corrected chi connectivity index (χ2v) is 4.31. The third-order valence-corrected chi connectivity index (χ3v) is 2.95. The van der Waals surface area contributed by atoms with E-state index in [1.165, 1.54) is 0 Å². The van der Waals surface area contributed by atoms with E-state index < -0.39 is 0 Å². The van der Waals surface area contributed by atoms with Gasteiger partial charge in [-0.05, 0) is 19.1 Å². The molecular weight excluding hydrogens is 216 g/mol. The Morgan fingerprint density at radius 2 is 2.35 bits per heavy atom. The van der Waals surface area contributed by atoms with Crippen LogP contribution in [0.4, 0.5) is 5.69 Å². The van der Waals surface area contributed by atoms with E-state index in [0.717, 1.165) is 25.3 Å². The maximum absolute atomic E-state index is 11.8. The number of hydrogen-bond donors (Lipinski definition) is 2. The quantitative estimate of drug-likeness (QED) is 0.790. The van der Waals surface area contributed by atoms with Gasteiger partial charge in [0.1, 0.15) is 0 Å². The van der Waals surface area contributed by atoms with E-state index in [1.54, 1.807) is 24.5 Å². The third-order valence-electron chi connectivity index (χ3n) is 2.95. The molecule has 1 amide bonds. The van der Waals surface area contributed by atoms with Gasteiger partial charge < -0.3 is 10.6 Å². The number of nitrogens with zero attached hydrogens (tertiary/aromatic N) is 2. The number of hydrogen-bond acceptors (Lipinski definition) is 4. The number of rotatable bonds is 3. The highest BCUT2D eigenvalue weighted by atomic mass is 16.2. The van der Waals surface area contributed by atoms with Crippen LogP contribution < -0.4 is 10.6 Å². The molecule has 1 atom stereocenters. The average molecular weight is 234 g/mol. The van der Waals surface area contributed by atoms with Crippen molar-refractivity contribution < 1.29 is 4.79 Å². The van der Waals surface area contributed by atoms with Gasteiger partial charge in [0.05, 0.1) is 6.54 Å². The fourth-order valence-corrected chi connectivity index (χ4v) is 1.94. The van der Waals surface area contributed by atoms with Gasteiger partial charge in [0.25, 0.3) is 0 Å². The van der Waals surface area contributed by atoms with Crippen LogP contribution in [0.3, 0.4) is 0 Å². The van der Waals surface area contributed by atoms with Gasteiger partial charge in [0.15, 0.2) is 0 Å². The maximum Gasteiger partial charge on any atom is 0.238 e. The minimum absolute atomic E-state index is 0.0324. The molecule has 0 aliphatic carbocycles. The fraction of sp³-hybridized carbons (Fsp3) is 0.500. The van der Waals surface area contributed by atoms with Crippen LogP contribution in [0.2, 0.25) is 0 Å². The molecule has 92 valence electrons. The summed E-state index contributed by atoms with van der Waals surface area (Å²) in [7, 11) is 0. The van der Waals surface area contributed by atoms with Gasteiger partial charge in [0, 0.05) is 43.8 Å². The third kappa shape index (κ3) is 3.51. The van der Waals surface area contributed by atoms with Crippen molar-refractivity contribution in [2.45, 2.75) is 13.0 Å². The first-order chi connectivity index (χ1) is 8.25. The molecule has 17 heavy (non-hydrogen) atoms. The summed E-state index contributed by atoms with van der Waals surface area (Å²) in [5.74, 6) is 0.0324. The van der Waals surface area contributed by atoms with Gasteiger partial charge in [-0.15, -0.1) is 0 Å². The SMILES string of the molecule is C[C@H]1CNCCN1CC(=O)Nc1ccncc1. The van der Waals surface area contributed by atoms with Crippen LogP contribution in [0.25, 0.3) is 0 Å². The summed E-state index contributed by atoms with van der Waals surface area (Å²) in [5.41, 5.74) is 0.799. The first kappa shape index (κ1) is 12.0. The zero-order valence-electron chi connectivity index (χ0n) is 10.0. The van der Waals surface area contributed by atoms with E-state index in [4.69, 9.17) is 0 Å². The smallest absolute Gasteiger partial charge is 0.238 e. The zero-order valence-corrected chi connectivity index (χ0v) is 10.0. The van der Waals surface area contributed by atoms with Crippen molar-refractivity contribution in [3.8, 4) is 0 Å². The molecule has 1 aliphatic rings. The Labute approximate surface area is 101 Å². The Morgan fingerprint density at radius 3 is 3.06 bits per heavy atom. The van der Waals surface area contributed by atoms with E-state index >= 15 is 0 Å². The Hall–Kier alpha value is -1.46. The Kier molecular flexibility index (Phi) is 4.06. The highest BCUT2D eigenvalue weighted by molar-refractivity contribution is 5.92. The zero-order chi connectivity index (χ0) is 12.1. The van der Waals surface area contributed by atoms with Crippen LogP contribution in [-0.2, 0) is 4.79 Å². The lowest BCUT2D eigenvalue weighted by Gasteiger charge is -2.33. The summed E-state index contributed by atoms with van der Waals surface area (Å²) in [6, 6.07) is 3.99. The molecular formula is C12H18N4O. The second kappa shape index (κ2) is 5.75. The number of amides is 1. The minimum Gasteiger partial charge on any atom is -0.325 e. The van der Waals surface area contributed by atoms with Gasteiger partial charge >= 0.3 is 0 Å². The van der Waals surface area contributed by atoms with Crippen molar-refractivity contribution in [2.75, 3.05) is 31.5 Å². The van der Waals surface area contributed by atoms with Crippen molar-refractivity contribution in [3.63, 3.8) is 0 Å². The van der Waals surface area contributed by atoms with Crippen LogP contribution in [0.15, 0.2) is 24.5 Å². The fourth-order valence-electron chi connectivity index (χ4n) is 1.94. The van der Waals surface area contributed by atoms with E-state index in [-0.39, 0.29) is 5.91 Å². The topological polar surface area (TPSA) is 57.3 Å². The molecule has 2 heterocycles. The van der Waals surface area contributed by atoms with Gasteiger partial charge in [-0.2, -0.15) is 0 Å². The number of pyridine rings is 1. The van der Waals surface area contributed by atoms with Crippen LogP contribution in [0.5, 0.6) is 0 Å². The van der Waals surface area contributed by atoms with Crippen molar-refractivity contribution in [1.82, 2.24) is 15.2 Å². The minimum atomic E-state index is 0.0324. The summed E-state index contributed by atoms with van der Waals surface area (Å²) < 4.78 is 0. The molecule has 5 heteroatoms. The molecule has 1 aliphatic heterocycles. The van der Waals surface area contributed by atoms with E-state index in [2.05, 4.69) is 27.4 Å². The summed E-state index contributed by atoms with van der Waals surface area (Å²) in [6.45, 7) is 5.40. The van der Waals surface area contributed by atoms with E-state index in [9.17, 15) is 4.79 Å². The molecule has 0 saturated carbocycles. The normalized spacial score (nSPS) is 21.1. The molecule has 2 rings (SSSR count). The highest BCUT2D eigenvalue weighted by Gasteiger charge is 2.19. The van der Waals surface area contributed by atoms with E-state index in [1.807, 2.05) is 0 Å². The van der Waals surface area contributed by atoms with Crippen LogP contribution >= 0.6 is 0 Å². The second-order valence-electron chi connectivity index (χ2n) is 4.31. The molecule has 5 nitrogen and oxygen atoms in total. The molecule has 0 radical (unpaired) electrons. The lowest BCUT2D eigenvalue weighted by molar-refractivity contribution is -0.118. The van der Waals surface area contributed by atoms with Crippen molar-refractivity contribution in [1.29, 1.82) is 0 Å². The van der Waals surface area contributed by atoms with Gasteiger partial charge in [-0.3, -0.25) is 14.7 Å². The molecule has 0 aromatic carbocycles. The molecule has 0 bridgehead atoms. The first-order valence-corrected chi connectivity index (χ1v) is 5.90. The van der Waals surface area contributed by atoms with Crippen LogP contribution in [0, 0.1) is 0 Å². The predicted molar refractivity (Wildman–Crippen MR) is 66.8 cm³/mol. The summed E-state index contributed by atoms with van der Waals surface area (Å²) in [4.78, 5) is 17.9. The van der Waals surface area contributed by atoms with Gasteiger partial charge in [0.2, 0.25) is 5.91 Å². The maximum atomic E-state index is 11.8. The molecule has 1 fully saturated rings. The standard InChI is InChI=1S/C12H18N4O/c1-10-8-14-6-7-16(10)9-12(17)15-11-2-4-13-5-3-11/h2-5,10,14H,6-9H2,1H3,(H,13,15,17)/t10-/m0/s1. The van der Waals surface area contributed by atoms with Crippen molar-refractivity contribution in [3.05, 3.63) is 24.5 Å².